The smallest absolute Gasteiger partial charge is 0.240 e. The van der Waals surface area contributed by atoms with Gasteiger partial charge in [-0.1, -0.05) is 26.0 Å². The van der Waals surface area contributed by atoms with E-state index in [-0.39, 0.29) is 10.9 Å². The Balaban J connectivity index is 2.85. The summed E-state index contributed by atoms with van der Waals surface area (Å²) >= 11 is 0. The maximum atomic E-state index is 12.0. The van der Waals surface area contributed by atoms with E-state index in [0.717, 1.165) is 5.56 Å². The molecular weight excluding hydrogens is 250 g/mol. The lowest BCUT2D eigenvalue weighted by atomic mass is 10.0. The van der Waals surface area contributed by atoms with E-state index in [1.54, 1.807) is 26.2 Å². The minimum absolute atomic E-state index is 0.246. The molecule has 102 valence electrons. The van der Waals surface area contributed by atoms with Gasteiger partial charge in [0.15, 0.2) is 0 Å². The number of benzene rings is 1. The second kappa shape index (κ2) is 6.31. The van der Waals surface area contributed by atoms with Gasteiger partial charge in [0.05, 0.1) is 11.5 Å². The van der Waals surface area contributed by atoms with Gasteiger partial charge >= 0.3 is 0 Å². The lowest BCUT2D eigenvalue weighted by molar-refractivity contribution is 0.180. The molecule has 1 unspecified atom stereocenters. The average molecular weight is 271 g/mol. The molecule has 0 aromatic heterocycles. The summed E-state index contributed by atoms with van der Waals surface area (Å²) < 4.78 is 31.5. The molecule has 0 aliphatic heterocycles. The molecule has 0 spiro atoms. The molecule has 1 aromatic carbocycles. The number of hydrogen-bond donors (Lipinski definition) is 1. The summed E-state index contributed by atoms with van der Waals surface area (Å²) in [5.74, 6) is 0.391. The van der Waals surface area contributed by atoms with Gasteiger partial charge < -0.3 is 4.74 Å². The van der Waals surface area contributed by atoms with E-state index in [4.69, 9.17) is 4.74 Å². The highest BCUT2D eigenvalue weighted by Gasteiger charge is 2.17. The molecule has 0 aliphatic carbocycles. The SMILES string of the molecule is COCC(C)NS(=O)(=O)c1ccc(C(C)C)cc1. The predicted octanol–water partition coefficient (Wildman–Crippen LogP) is 2.12. The highest BCUT2D eigenvalue weighted by Crippen LogP contribution is 2.17. The third kappa shape index (κ3) is 4.08. The topological polar surface area (TPSA) is 55.4 Å². The van der Waals surface area contributed by atoms with Gasteiger partial charge in [0, 0.05) is 13.2 Å². The summed E-state index contributed by atoms with van der Waals surface area (Å²) in [6.07, 6.45) is 0. The summed E-state index contributed by atoms with van der Waals surface area (Å²) in [6, 6.07) is 6.72. The lowest BCUT2D eigenvalue weighted by Gasteiger charge is -2.13. The lowest BCUT2D eigenvalue weighted by Crippen LogP contribution is -2.35. The summed E-state index contributed by atoms with van der Waals surface area (Å²) in [5.41, 5.74) is 1.12. The van der Waals surface area contributed by atoms with Crippen LogP contribution in [0.25, 0.3) is 0 Å². The fourth-order valence-electron chi connectivity index (χ4n) is 1.65. The molecule has 0 saturated carbocycles. The second-order valence-corrected chi connectivity index (χ2v) is 6.42. The standard InChI is InChI=1S/C13H21NO3S/c1-10(2)12-5-7-13(8-6-12)18(15,16)14-11(3)9-17-4/h5-8,10-11,14H,9H2,1-4H3. The molecule has 1 N–H and O–H groups in total. The number of methoxy groups -OCH3 is 1. The molecule has 0 radical (unpaired) electrons. The van der Waals surface area contributed by atoms with E-state index >= 15 is 0 Å². The summed E-state index contributed by atoms with van der Waals surface area (Å²) in [7, 11) is -1.91. The minimum Gasteiger partial charge on any atom is -0.383 e. The van der Waals surface area contributed by atoms with Crippen LogP contribution in [0.1, 0.15) is 32.3 Å². The molecule has 1 atom stereocenters. The Hall–Kier alpha value is -0.910. The molecule has 4 nitrogen and oxygen atoms in total. The number of hydrogen-bond acceptors (Lipinski definition) is 3. The van der Waals surface area contributed by atoms with Crippen molar-refractivity contribution in [2.75, 3.05) is 13.7 Å². The van der Waals surface area contributed by atoms with E-state index in [0.29, 0.717) is 12.5 Å². The first kappa shape index (κ1) is 15.1. The van der Waals surface area contributed by atoms with E-state index in [1.807, 2.05) is 12.1 Å². The maximum absolute atomic E-state index is 12.0. The van der Waals surface area contributed by atoms with E-state index < -0.39 is 10.0 Å². The molecular formula is C13H21NO3S. The van der Waals surface area contributed by atoms with Crippen molar-refractivity contribution in [3.05, 3.63) is 29.8 Å². The normalized spacial score (nSPS) is 13.8. The number of ether oxygens (including phenoxy) is 1. The van der Waals surface area contributed by atoms with Crippen LogP contribution in [0.15, 0.2) is 29.2 Å². The first-order valence-corrected chi connectivity index (χ1v) is 7.46. The van der Waals surface area contributed by atoms with Gasteiger partial charge in [-0.25, -0.2) is 13.1 Å². The third-order valence-electron chi connectivity index (χ3n) is 2.63. The highest BCUT2D eigenvalue weighted by atomic mass is 32.2. The molecule has 0 heterocycles. The zero-order valence-corrected chi connectivity index (χ0v) is 12.1. The van der Waals surface area contributed by atoms with E-state index in [2.05, 4.69) is 18.6 Å². The average Bonchev–Trinajstić information content (AvgIpc) is 2.28. The Labute approximate surface area is 109 Å². The highest BCUT2D eigenvalue weighted by molar-refractivity contribution is 7.89. The summed E-state index contributed by atoms with van der Waals surface area (Å²) in [5, 5.41) is 0. The Kier molecular flexibility index (Phi) is 5.31. The molecule has 5 heteroatoms. The van der Waals surface area contributed by atoms with Crippen LogP contribution in [0.2, 0.25) is 0 Å². The van der Waals surface area contributed by atoms with Gasteiger partial charge in [-0.05, 0) is 30.5 Å². The Morgan fingerprint density at radius 1 is 1.17 bits per heavy atom. The van der Waals surface area contributed by atoms with Crippen LogP contribution < -0.4 is 4.72 Å². The predicted molar refractivity (Wildman–Crippen MR) is 72.2 cm³/mol. The number of nitrogens with one attached hydrogen (secondary N) is 1. The largest absolute Gasteiger partial charge is 0.383 e. The molecule has 0 fully saturated rings. The maximum Gasteiger partial charge on any atom is 0.240 e. The molecule has 0 saturated heterocycles. The van der Waals surface area contributed by atoms with Gasteiger partial charge in [0.25, 0.3) is 0 Å². The van der Waals surface area contributed by atoms with Gasteiger partial charge in [-0.3, -0.25) is 0 Å². The zero-order chi connectivity index (χ0) is 13.8. The fraction of sp³-hybridized carbons (Fsp3) is 0.538. The quantitative estimate of drug-likeness (QED) is 0.862. The van der Waals surface area contributed by atoms with Crippen molar-refractivity contribution in [2.24, 2.45) is 0 Å². The van der Waals surface area contributed by atoms with Crippen molar-refractivity contribution < 1.29 is 13.2 Å². The van der Waals surface area contributed by atoms with Gasteiger partial charge in [0.2, 0.25) is 10.0 Å². The monoisotopic (exact) mass is 271 g/mol. The number of rotatable bonds is 6. The molecule has 1 rings (SSSR count). The van der Waals surface area contributed by atoms with Crippen LogP contribution in [0.3, 0.4) is 0 Å². The van der Waals surface area contributed by atoms with Crippen LogP contribution in [0.5, 0.6) is 0 Å². The van der Waals surface area contributed by atoms with Gasteiger partial charge in [-0.2, -0.15) is 0 Å². The Morgan fingerprint density at radius 2 is 1.72 bits per heavy atom. The van der Waals surface area contributed by atoms with Crippen molar-refractivity contribution in [1.82, 2.24) is 4.72 Å². The van der Waals surface area contributed by atoms with Crippen LogP contribution in [-0.4, -0.2) is 28.2 Å². The molecule has 0 aliphatic rings. The van der Waals surface area contributed by atoms with Crippen molar-refractivity contribution in [1.29, 1.82) is 0 Å². The van der Waals surface area contributed by atoms with E-state index in [9.17, 15) is 8.42 Å². The third-order valence-corrected chi connectivity index (χ3v) is 4.24. The van der Waals surface area contributed by atoms with Crippen LogP contribution in [-0.2, 0) is 14.8 Å². The zero-order valence-electron chi connectivity index (χ0n) is 11.3. The molecule has 1 aromatic rings. The molecule has 18 heavy (non-hydrogen) atoms. The first-order chi connectivity index (χ1) is 8.36. The minimum atomic E-state index is -3.45. The summed E-state index contributed by atoms with van der Waals surface area (Å²) in [4.78, 5) is 0.287. The fourth-order valence-corrected chi connectivity index (χ4v) is 2.88. The van der Waals surface area contributed by atoms with Crippen molar-refractivity contribution >= 4 is 10.0 Å². The summed E-state index contributed by atoms with van der Waals surface area (Å²) in [6.45, 7) is 6.26. The molecule has 0 bridgehead atoms. The van der Waals surface area contributed by atoms with Crippen molar-refractivity contribution in [2.45, 2.75) is 37.6 Å². The van der Waals surface area contributed by atoms with Crippen LogP contribution in [0.4, 0.5) is 0 Å². The first-order valence-electron chi connectivity index (χ1n) is 5.98. The Morgan fingerprint density at radius 3 is 2.17 bits per heavy atom. The van der Waals surface area contributed by atoms with Crippen LogP contribution >= 0.6 is 0 Å². The van der Waals surface area contributed by atoms with Gasteiger partial charge in [0.1, 0.15) is 0 Å². The number of sulfonamides is 1. The molecule has 0 amide bonds. The Bertz CT molecular complexity index is 466. The second-order valence-electron chi connectivity index (χ2n) is 4.70. The van der Waals surface area contributed by atoms with Gasteiger partial charge in [-0.15, -0.1) is 0 Å². The van der Waals surface area contributed by atoms with E-state index in [1.165, 1.54) is 0 Å². The van der Waals surface area contributed by atoms with Crippen molar-refractivity contribution in [3.8, 4) is 0 Å². The van der Waals surface area contributed by atoms with Crippen molar-refractivity contribution in [3.63, 3.8) is 0 Å². The van der Waals surface area contributed by atoms with Crippen LogP contribution in [0, 0.1) is 0 Å².